The zero-order valence-electron chi connectivity index (χ0n) is 14.7. The van der Waals surface area contributed by atoms with Gasteiger partial charge in [0, 0.05) is 6.42 Å². The van der Waals surface area contributed by atoms with E-state index in [1.54, 1.807) is 0 Å². The van der Waals surface area contributed by atoms with Crippen molar-refractivity contribution in [3.63, 3.8) is 0 Å². The topological polar surface area (TPSA) is 77.8 Å². The summed E-state index contributed by atoms with van der Waals surface area (Å²) in [7, 11) is 0. The molecular weight excluding hydrogens is 304 g/mol. The Morgan fingerprint density at radius 3 is 1.83 bits per heavy atom. The minimum atomic E-state index is -0.761. The first-order chi connectivity index (χ1) is 11.6. The molecular formula is C20H32O4. The number of aliphatic carboxylic acids is 1. The van der Waals surface area contributed by atoms with Crippen molar-refractivity contribution in [3.05, 3.63) is 48.6 Å². The fourth-order valence-corrected chi connectivity index (χ4v) is 1.98. The molecule has 0 saturated heterocycles. The minimum Gasteiger partial charge on any atom is -0.481 e. The summed E-state index contributed by atoms with van der Waals surface area (Å²) in [6.45, 7) is 2.09. The van der Waals surface area contributed by atoms with Gasteiger partial charge in [0.1, 0.15) is 0 Å². The molecule has 0 aromatic heterocycles. The first-order valence-electron chi connectivity index (χ1n) is 8.75. The minimum absolute atomic E-state index is 0.202. The number of carboxylic acid groups (broad SMARTS) is 1. The maximum atomic E-state index is 10.3. The predicted octanol–water partition coefficient (Wildman–Crippen LogP) is 4.16. The van der Waals surface area contributed by atoms with Gasteiger partial charge < -0.3 is 15.3 Å². The summed E-state index contributed by atoms with van der Waals surface area (Å²) in [5.74, 6) is -0.761. The summed E-state index contributed by atoms with van der Waals surface area (Å²) in [6.07, 6.45) is 19.5. The molecule has 4 heteroatoms. The molecule has 0 rings (SSSR count). The van der Waals surface area contributed by atoms with E-state index in [1.165, 1.54) is 0 Å². The van der Waals surface area contributed by atoms with Crippen LogP contribution in [0.15, 0.2) is 48.6 Å². The summed E-state index contributed by atoms with van der Waals surface area (Å²) in [6, 6.07) is 0. The lowest BCUT2D eigenvalue weighted by molar-refractivity contribution is -0.137. The average Bonchev–Trinajstić information content (AvgIpc) is 2.55. The molecule has 4 nitrogen and oxygen atoms in total. The molecule has 2 atom stereocenters. The molecule has 24 heavy (non-hydrogen) atoms. The molecule has 0 saturated carbocycles. The van der Waals surface area contributed by atoms with Crippen LogP contribution in [0.5, 0.6) is 0 Å². The van der Waals surface area contributed by atoms with Gasteiger partial charge in [-0.05, 0) is 44.9 Å². The Kier molecular flexibility index (Phi) is 15.1. The van der Waals surface area contributed by atoms with Crippen LogP contribution in [0.25, 0.3) is 0 Å². The van der Waals surface area contributed by atoms with Gasteiger partial charge >= 0.3 is 5.97 Å². The van der Waals surface area contributed by atoms with E-state index in [9.17, 15) is 15.0 Å². The Bertz CT molecular complexity index is 421. The number of hydrogen-bond acceptors (Lipinski definition) is 3. The van der Waals surface area contributed by atoms with E-state index in [2.05, 4.69) is 19.1 Å². The van der Waals surface area contributed by atoms with Crippen LogP contribution in [0.1, 0.15) is 58.3 Å². The van der Waals surface area contributed by atoms with E-state index in [0.717, 1.165) is 25.7 Å². The van der Waals surface area contributed by atoms with E-state index in [4.69, 9.17) is 5.11 Å². The van der Waals surface area contributed by atoms with Crippen molar-refractivity contribution in [1.29, 1.82) is 0 Å². The Labute approximate surface area is 145 Å². The lowest BCUT2D eigenvalue weighted by atomic mass is 10.1. The van der Waals surface area contributed by atoms with E-state index in [-0.39, 0.29) is 6.42 Å². The molecule has 0 fully saturated rings. The number of unbranched alkanes of at least 4 members (excludes halogenated alkanes) is 1. The smallest absolute Gasteiger partial charge is 0.303 e. The third-order valence-corrected chi connectivity index (χ3v) is 3.41. The summed E-state index contributed by atoms with van der Waals surface area (Å²) in [4.78, 5) is 10.3. The first-order valence-corrected chi connectivity index (χ1v) is 8.75. The van der Waals surface area contributed by atoms with Crippen molar-refractivity contribution in [1.82, 2.24) is 0 Å². The highest BCUT2D eigenvalue weighted by atomic mass is 16.4. The van der Waals surface area contributed by atoms with Crippen LogP contribution in [-0.4, -0.2) is 33.5 Å². The van der Waals surface area contributed by atoms with Gasteiger partial charge in [0.2, 0.25) is 0 Å². The molecule has 0 aromatic rings. The van der Waals surface area contributed by atoms with Gasteiger partial charge in [-0.3, -0.25) is 4.79 Å². The second-order valence-electron chi connectivity index (χ2n) is 5.66. The summed E-state index contributed by atoms with van der Waals surface area (Å²) < 4.78 is 0. The fraction of sp³-hybridized carbons (Fsp3) is 0.550. The van der Waals surface area contributed by atoms with Crippen LogP contribution < -0.4 is 0 Å². The van der Waals surface area contributed by atoms with Crippen molar-refractivity contribution in [2.45, 2.75) is 70.5 Å². The van der Waals surface area contributed by atoms with Crippen LogP contribution in [0.4, 0.5) is 0 Å². The van der Waals surface area contributed by atoms with Gasteiger partial charge in [-0.25, -0.2) is 0 Å². The largest absolute Gasteiger partial charge is 0.481 e. The van der Waals surface area contributed by atoms with Crippen LogP contribution in [0.3, 0.4) is 0 Å². The standard InChI is InChI=1S/C20H32O4/c1-2-3-4-5-9-12-15-18(21)19(22)16-13-10-7-6-8-11-14-17-20(23)24/h3-4,6,8-10,12-13,18-19,21-22H,2,5,7,11,14-17H2,1H3,(H,23,24)/b4-3-,8-6-,12-9-,13-10-. The van der Waals surface area contributed by atoms with Crippen LogP contribution >= 0.6 is 0 Å². The highest BCUT2D eigenvalue weighted by molar-refractivity contribution is 5.66. The molecule has 0 aliphatic heterocycles. The van der Waals surface area contributed by atoms with Crippen LogP contribution in [0.2, 0.25) is 0 Å². The van der Waals surface area contributed by atoms with Crippen LogP contribution in [0, 0.1) is 0 Å². The van der Waals surface area contributed by atoms with Gasteiger partial charge in [0.15, 0.2) is 0 Å². The zero-order chi connectivity index (χ0) is 18.0. The quantitative estimate of drug-likeness (QED) is 0.329. The maximum Gasteiger partial charge on any atom is 0.303 e. The normalized spacial score (nSPS) is 15.1. The Morgan fingerprint density at radius 1 is 0.833 bits per heavy atom. The molecule has 0 amide bonds. The van der Waals surface area contributed by atoms with Crippen molar-refractivity contribution in [2.24, 2.45) is 0 Å². The number of aliphatic hydroxyl groups excluding tert-OH is 2. The molecule has 0 radical (unpaired) electrons. The number of aliphatic hydroxyl groups is 2. The Hall–Kier alpha value is -1.65. The fourth-order valence-electron chi connectivity index (χ4n) is 1.98. The monoisotopic (exact) mass is 336 g/mol. The highest BCUT2D eigenvalue weighted by Crippen LogP contribution is 2.06. The van der Waals surface area contributed by atoms with Crippen LogP contribution in [-0.2, 0) is 4.79 Å². The van der Waals surface area contributed by atoms with Crippen molar-refractivity contribution in [2.75, 3.05) is 0 Å². The predicted molar refractivity (Wildman–Crippen MR) is 98.8 cm³/mol. The van der Waals surface area contributed by atoms with Gasteiger partial charge in [-0.15, -0.1) is 0 Å². The first kappa shape index (κ1) is 22.4. The molecule has 2 unspecified atom stereocenters. The molecule has 136 valence electrons. The highest BCUT2D eigenvalue weighted by Gasteiger charge is 2.12. The van der Waals surface area contributed by atoms with Crippen molar-refractivity contribution >= 4 is 5.97 Å². The molecule has 0 bridgehead atoms. The molecule has 0 aromatic carbocycles. The van der Waals surface area contributed by atoms with Gasteiger partial charge in [-0.2, -0.15) is 0 Å². The van der Waals surface area contributed by atoms with E-state index < -0.39 is 18.2 Å². The SMILES string of the molecule is CC/C=C\C/C=C\CC(O)C(O)C/C=C\C/C=C\CCCC(=O)O. The summed E-state index contributed by atoms with van der Waals surface area (Å²) in [5, 5.41) is 28.2. The summed E-state index contributed by atoms with van der Waals surface area (Å²) >= 11 is 0. The number of rotatable bonds is 14. The molecule has 0 heterocycles. The second-order valence-corrected chi connectivity index (χ2v) is 5.66. The van der Waals surface area contributed by atoms with Gasteiger partial charge in [-0.1, -0.05) is 55.5 Å². The summed E-state index contributed by atoms with van der Waals surface area (Å²) in [5.41, 5.74) is 0. The maximum absolute atomic E-state index is 10.3. The third kappa shape index (κ3) is 15.3. The lowest BCUT2D eigenvalue weighted by Crippen LogP contribution is -2.24. The van der Waals surface area contributed by atoms with E-state index >= 15 is 0 Å². The van der Waals surface area contributed by atoms with E-state index in [1.807, 2.05) is 36.5 Å². The number of allylic oxidation sites excluding steroid dienone is 6. The van der Waals surface area contributed by atoms with E-state index in [0.29, 0.717) is 19.3 Å². The molecule has 3 N–H and O–H groups in total. The Morgan fingerprint density at radius 2 is 1.33 bits per heavy atom. The average molecular weight is 336 g/mol. The Balaban J connectivity index is 3.74. The van der Waals surface area contributed by atoms with Gasteiger partial charge in [0.05, 0.1) is 12.2 Å². The van der Waals surface area contributed by atoms with Crippen molar-refractivity contribution in [3.8, 4) is 0 Å². The lowest BCUT2D eigenvalue weighted by Gasteiger charge is -2.14. The third-order valence-electron chi connectivity index (χ3n) is 3.41. The van der Waals surface area contributed by atoms with Crippen molar-refractivity contribution < 1.29 is 20.1 Å². The number of carboxylic acids is 1. The molecule has 0 spiro atoms. The van der Waals surface area contributed by atoms with Gasteiger partial charge in [0.25, 0.3) is 0 Å². The zero-order valence-corrected chi connectivity index (χ0v) is 14.7. The number of hydrogen-bond donors (Lipinski definition) is 3. The second kappa shape index (κ2) is 16.2. The molecule has 0 aliphatic carbocycles. The molecule has 0 aliphatic rings. The number of carbonyl (C=O) groups is 1.